The summed E-state index contributed by atoms with van der Waals surface area (Å²) >= 11 is 0. The lowest BCUT2D eigenvalue weighted by Crippen LogP contribution is -2.39. The van der Waals surface area contributed by atoms with Crippen LogP contribution in [0.4, 0.5) is 0 Å². The third-order valence-corrected chi connectivity index (χ3v) is 10.2. The second-order valence-electron chi connectivity index (χ2n) is 15.1. The standard InChI is InChI=1S/C40H78O8/c1-5-7-9-19-25-33(4)27-21-15-11-10-14-18-23-29-46-30-34(31-47-40-38(44)36(42)37(43)39(40)45)48-35(41)28-22-17-13-12-16-20-26-32(3)24-8-6-2/h32-34,36-40,42-45H,5-31H2,1-4H3/t32-,33+,34+,36-,37-,38+,39+/m1/s1. The van der Waals surface area contributed by atoms with E-state index in [-0.39, 0.29) is 19.2 Å². The summed E-state index contributed by atoms with van der Waals surface area (Å²) in [5, 5.41) is 40.1. The first-order valence-electron chi connectivity index (χ1n) is 20.3. The lowest BCUT2D eigenvalue weighted by molar-refractivity contribution is -0.163. The summed E-state index contributed by atoms with van der Waals surface area (Å²) in [4.78, 5) is 12.7. The van der Waals surface area contributed by atoms with Crippen molar-refractivity contribution < 1.29 is 39.4 Å². The van der Waals surface area contributed by atoms with Gasteiger partial charge in [0.05, 0.1) is 13.2 Å². The van der Waals surface area contributed by atoms with E-state index >= 15 is 0 Å². The molecule has 0 bridgehead atoms. The van der Waals surface area contributed by atoms with Crippen LogP contribution in [0.2, 0.25) is 0 Å². The van der Waals surface area contributed by atoms with E-state index in [9.17, 15) is 25.2 Å². The zero-order chi connectivity index (χ0) is 35.4. The molecule has 7 atom stereocenters. The first kappa shape index (κ1) is 45.3. The first-order valence-corrected chi connectivity index (χ1v) is 20.3. The van der Waals surface area contributed by atoms with Crippen LogP contribution >= 0.6 is 0 Å². The highest BCUT2D eigenvalue weighted by Gasteiger charge is 2.49. The van der Waals surface area contributed by atoms with Crippen molar-refractivity contribution in [2.24, 2.45) is 11.8 Å². The maximum Gasteiger partial charge on any atom is 0.306 e. The summed E-state index contributed by atoms with van der Waals surface area (Å²) in [6, 6.07) is 0. The molecule has 1 rings (SSSR count). The Morgan fingerprint density at radius 2 is 0.979 bits per heavy atom. The molecule has 0 aromatic rings. The van der Waals surface area contributed by atoms with E-state index in [1.165, 1.54) is 116 Å². The lowest BCUT2D eigenvalue weighted by atomic mass is 9.96. The number of carbonyl (C=O) groups excluding carboxylic acids is 1. The van der Waals surface area contributed by atoms with Crippen molar-refractivity contribution in [3.63, 3.8) is 0 Å². The highest BCUT2D eigenvalue weighted by atomic mass is 16.6. The Morgan fingerprint density at radius 1 is 0.542 bits per heavy atom. The number of rotatable bonds is 33. The molecule has 0 aromatic carbocycles. The number of aliphatic hydroxyl groups is 4. The van der Waals surface area contributed by atoms with Crippen LogP contribution in [0.15, 0.2) is 0 Å². The average Bonchev–Trinajstić information content (AvgIpc) is 3.25. The molecule has 0 heterocycles. The number of hydrogen-bond donors (Lipinski definition) is 4. The molecular weight excluding hydrogens is 608 g/mol. The number of ether oxygens (including phenoxy) is 3. The zero-order valence-electron chi connectivity index (χ0n) is 31.6. The van der Waals surface area contributed by atoms with Crippen molar-refractivity contribution in [2.45, 2.75) is 218 Å². The average molecular weight is 687 g/mol. The van der Waals surface area contributed by atoms with Crippen LogP contribution in [0.3, 0.4) is 0 Å². The lowest BCUT2D eigenvalue weighted by Gasteiger charge is -2.24. The zero-order valence-corrected chi connectivity index (χ0v) is 31.6. The summed E-state index contributed by atoms with van der Waals surface area (Å²) in [7, 11) is 0. The van der Waals surface area contributed by atoms with Crippen molar-refractivity contribution in [2.75, 3.05) is 19.8 Å². The van der Waals surface area contributed by atoms with E-state index in [1.807, 2.05) is 0 Å². The third kappa shape index (κ3) is 22.1. The quantitative estimate of drug-likeness (QED) is 0.0401. The minimum absolute atomic E-state index is 0.0992. The Labute approximate surface area is 295 Å². The molecule has 8 nitrogen and oxygen atoms in total. The van der Waals surface area contributed by atoms with Crippen molar-refractivity contribution >= 4 is 5.97 Å². The van der Waals surface area contributed by atoms with Crippen molar-refractivity contribution in [3.8, 4) is 0 Å². The number of hydrogen-bond acceptors (Lipinski definition) is 8. The molecule has 8 heteroatoms. The van der Waals surface area contributed by atoms with Gasteiger partial charge in [0, 0.05) is 13.0 Å². The topological polar surface area (TPSA) is 126 Å². The van der Waals surface area contributed by atoms with Gasteiger partial charge >= 0.3 is 5.97 Å². The molecule has 48 heavy (non-hydrogen) atoms. The van der Waals surface area contributed by atoms with Gasteiger partial charge in [-0.05, 0) is 24.7 Å². The van der Waals surface area contributed by atoms with Crippen LogP contribution in [-0.2, 0) is 19.0 Å². The van der Waals surface area contributed by atoms with E-state index in [2.05, 4.69) is 27.7 Å². The van der Waals surface area contributed by atoms with Crippen LogP contribution in [0.5, 0.6) is 0 Å². The van der Waals surface area contributed by atoms with Gasteiger partial charge in [-0.15, -0.1) is 0 Å². The first-order chi connectivity index (χ1) is 23.2. The van der Waals surface area contributed by atoms with Crippen molar-refractivity contribution in [1.82, 2.24) is 0 Å². The van der Waals surface area contributed by atoms with Gasteiger partial charge in [0.25, 0.3) is 0 Å². The highest BCUT2D eigenvalue weighted by Crippen LogP contribution is 2.25. The molecule has 1 aliphatic rings. The minimum Gasteiger partial charge on any atom is -0.457 e. The summed E-state index contributed by atoms with van der Waals surface area (Å²) in [5.74, 6) is 1.36. The fourth-order valence-corrected chi connectivity index (χ4v) is 6.80. The van der Waals surface area contributed by atoms with Crippen LogP contribution in [0.1, 0.15) is 182 Å². The van der Waals surface area contributed by atoms with Crippen LogP contribution < -0.4 is 0 Å². The van der Waals surface area contributed by atoms with Crippen LogP contribution in [0, 0.1) is 11.8 Å². The molecule has 1 fully saturated rings. The molecule has 0 spiro atoms. The largest absolute Gasteiger partial charge is 0.457 e. The second-order valence-corrected chi connectivity index (χ2v) is 15.1. The summed E-state index contributed by atoms with van der Waals surface area (Å²) in [6.07, 6.45) is 21.1. The van der Waals surface area contributed by atoms with E-state index in [0.29, 0.717) is 13.0 Å². The summed E-state index contributed by atoms with van der Waals surface area (Å²) in [5.41, 5.74) is 0. The predicted molar refractivity (Wildman–Crippen MR) is 195 cm³/mol. The Morgan fingerprint density at radius 3 is 1.50 bits per heavy atom. The third-order valence-electron chi connectivity index (χ3n) is 10.2. The van der Waals surface area contributed by atoms with Gasteiger partial charge in [-0.3, -0.25) is 4.79 Å². The Hall–Kier alpha value is -0.770. The van der Waals surface area contributed by atoms with Crippen molar-refractivity contribution in [3.05, 3.63) is 0 Å². The molecule has 0 unspecified atom stereocenters. The van der Waals surface area contributed by atoms with Gasteiger partial charge in [-0.1, -0.05) is 163 Å². The maximum absolute atomic E-state index is 12.7. The smallest absolute Gasteiger partial charge is 0.306 e. The van der Waals surface area contributed by atoms with E-state index in [1.54, 1.807) is 0 Å². The van der Waals surface area contributed by atoms with Crippen LogP contribution in [0.25, 0.3) is 0 Å². The summed E-state index contributed by atoms with van der Waals surface area (Å²) in [6.45, 7) is 9.89. The van der Waals surface area contributed by atoms with Gasteiger partial charge in [0.2, 0.25) is 0 Å². The number of aliphatic hydroxyl groups excluding tert-OH is 4. The molecule has 0 saturated heterocycles. The number of carbonyl (C=O) groups is 1. The Balaban J connectivity index is 2.26. The maximum atomic E-state index is 12.7. The molecule has 4 N–H and O–H groups in total. The van der Waals surface area contributed by atoms with Gasteiger partial charge in [0.1, 0.15) is 36.6 Å². The molecule has 1 aliphatic carbocycles. The Bertz CT molecular complexity index is 722. The molecular formula is C40H78O8. The highest BCUT2D eigenvalue weighted by molar-refractivity contribution is 5.69. The molecule has 0 amide bonds. The molecule has 1 saturated carbocycles. The number of unbranched alkanes of at least 4 members (excludes halogenated alkanes) is 15. The van der Waals surface area contributed by atoms with Crippen molar-refractivity contribution in [1.29, 1.82) is 0 Å². The van der Waals surface area contributed by atoms with E-state index in [0.717, 1.165) is 43.9 Å². The summed E-state index contributed by atoms with van der Waals surface area (Å²) < 4.78 is 17.2. The minimum atomic E-state index is -1.49. The van der Waals surface area contributed by atoms with Gasteiger partial charge in [0.15, 0.2) is 0 Å². The number of esters is 1. The van der Waals surface area contributed by atoms with E-state index in [4.69, 9.17) is 14.2 Å². The second kappa shape index (κ2) is 29.9. The SMILES string of the molecule is CCCCCC[C@H](C)CCCCCCCCCOC[C@@H](COC1[C@@H](O)[C@H](O)[C@@H](O)[C@@H]1O)OC(=O)CCCCCCCC[C@H](C)CCCC. The Kier molecular flexibility index (Phi) is 28.2. The molecule has 0 aromatic heterocycles. The van der Waals surface area contributed by atoms with Gasteiger partial charge in [-0.25, -0.2) is 0 Å². The van der Waals surface area contributed by atoms with Crippen LogP contribution in [-0.4, -0.2) is 82.8 Å². The fourth-order valence-electron chi connectivity index (χ4n) is 6.80. The van der Waals surface area contributed by atoms with E-state index < -0.39 is 36.6 Å². The predicted octanol–water partition coefficient (Wildman–Crippen LogP) is 8.43. The fraction of sp³-hybridized carbons (Fsp3) is 0.975. The van der Waals surface area contributed by atoms with Gasteiger partial charge < -0.3 is 34.6 Å². The molecule has 286 valence electrons. The monoisotopic (exact) mass is 687 g/mol. The molecule has 0 aliphatic heterocycles. The molecule has 0 radical (unpaired) electrons. The normalized spacial score (nSPS) is 21.8. The van der Waals surface area contributed by atoms with Gasteiger partial charge in [-0.2, -0.15) is 0 Å².